The van der Waals surface area contributed by atoms with Gasteiger partial charge in [-0.25, -0.2) is 0 Å². The van der Waals surface area contributed by atoms with Crippen molar-refractivity contribution in [3.8, 4) is 0 Å². The van der Waals surface area contributed by atoms with Gasteiger partial charge in [-0.3, -0.25) is 0 Å². The summed E-state index contributed by atoms with van der Waals surface area (Å²) in [4.78, 5) is 0. The van der Waals surface area contributed by atoms with Crippen LogP contribution in [0.3, 0.4) is 0 Å². The topological polar surface area (TPSA) is 64.9 Å². The van der Waals surface area contributed by atoms with Crippen LogP contribution in [0.15, 0.2) is 4.42 Å². The van der Waals surface area contributed by atoms with Crippen molar-refractivity contribution in [3.63, 3.8) is 0 Å². The highest BCUT2D eigenvalue weighted by Crippen LogP contribution is 2.40. The summed E-state index contributed by atoms with van der Waals surface area (Å²) in [7, 11) is 0. The molecule has 1 aliphatic rings. The molecule has 1 saturated carbocycles. The SMILES string of the molecule is CC(C)(C)[C@@H](N)c1nnc(C2CC2)o1. The second kappa shape index (κ2) is 3.05. The highest BCUT2D eigenvalue weighted by atomic mass is 16.4. The van der Waals surface area contributed by atoms with Crippen molar-refractivity contribution >= 4 is 0 Å². The van der Waals surface area contributed by atoms with E-state index in [2.05, 4.69) is 31.0 Å². The van der Waals surface area contributed by atoms with Gasteiger partial charge < -0.3 is 10.2 Å². The summed E-state index contributed by atoms with van der Waals surface area (Å²) < 4.78 is 5.55. The first kappa shape index (κ1) is 9.65. The Balaban J connectivity index is 2.15. The van der Waals surface area contributed by atoms with E-state index in [4.69, 9.17) is 10.2 Å². The number of nitrogens with two attached hydrogens (primary N) is 1. The van der Waals surface area contributed by atoms with Crippen LogP contribution in [0.25, 0.3) is 0 Å². The zero-order chi connectivity index (χ0) is 10.3. The number of nitrogens with zero attached hydrogens (tertiary/aromatic N) is 2. The Labute approximate surface area is 83.9 Å². The van der Waals surface area contributed by atoms with Crippen LogP contribution >= 0.6 is 0 Å². The van der Waals surface area contributed by atoms with Crippen molar-refractivity contribution in [2.45, 2.75) is 45.6 Å². The standard InChI is InChI=1S/C10H17N3O/c1-10(2,3)7(11)9-13-12-8(14-9)6-4-5-6/h6-7H,4-5,11H2,1-3H3/t7-/m0/s1. The van der Waals surface area contributed by atoms with Crippen LogP contribution in [0.1, 0.15) is 57.4 Å². The second-order valence-electron chi connectivity index (χ2n) is 5.10. The molecule has 1 fully saturated rings. The van der Waals surface area contributed by atoms with E-state index in [-0.39, 0.29) is 11.5 Å². The van der Waals surface area contributed by atoms with Crippen LogP contribution in [-0.2, 0) is 0 Å². The molecule has 1 heterocycles. The van der Waals surface area contributed by atoms with Gasteiger partial charge in [-0.05, 0) is 18.3 Å². The average Bonchev–Trinajstić information content (AvgIpc) is 2.82. The summed E-state index contributed by atoms with van der Waals surface area (Å²) in [5.74, 6) is 1.84. The van der Waals surface area contributed by atoms with Crippen molar-refractivity contribution in [2.24, 2.45) is 11.1 Å². The summed E-state index contributed by atoms with van der Waals surface area (Å²) in [5.41, 5.74) is 5.98. The molecule has 0 unspecified atom stereocenters. The van der Waals surface area contributed by atoms with E-state index in [1.54, 1.807) is 0 Å². The smallest absolute Gasteiger partial charge is 0.233 e. The van der Waals surface area contributed by atoms with E-state index in [1.807, 2.05) is 0 Å². The molecular weight excluding hydrogens is 178 g/mol. The van der Waals surface area contributed by atoms with Crippen LogP contribution in [0.5, 0.6) is 0 Å². The van der Waals surface area contributed by atoms with Gasteiger partial charge in [0.15, 0.2) is 0 Å². The first-order chi connectivity index (χ1) is 6.48. The molecule has 0 aromatic carbocycles. The van der Waals surface area contributed by atoms with Crippen molar-refractivity contribution in [1.82, 2.24) is 10.2 Å². The lowest BCUT2D eigenvalue weighted by Crippen LogP contribution is -2.26. The van der Waals surface area contributed by atoms with Crippen molar-refractivity contribution in [2.75, 3.05) is 0 Å². The third kappa shape index (κ3) is 1.80. The quantitative estimate of drug-likeness (QED) is 0.783. The van der Waals surface area contributed by atoms with E-state index in [0.29, 0.717) is 11.8 Å². The highest BCUT2D eigenvalue weighted by molar-refractivity contribution is 5.02. The van der Waals surface area contributed by atoms with Crippen molar-refractivity contribution < 1.29 is 4.42 Å². The third-order valence-electron chi connectivity index (χ3n) is 2.58. The van der Waals surface area contributed by atoms with Crippen LogP contribution in [-0.4, -0.2) is 10.2 Å². The molecule has 4 heteroatoms. The molecule has 1 atom stereocenters. The Morgan fingerprint density at radius 2 is 2.00 bits per heavy atom. The van der Waals surface area contributed by atoms with Gasteiger partial charge in [0.1, 0.15) is 0 Å². The minimum atomic E-state index is -0.178. The highest BCUT2D eigenvalue weighted by Gasteiger charge is 2.32. The largest absolute Gasteiger partial charge is 0.423 e. The minimum absolute atomic E-state index is 0.0344. The van der Waals surface area contributed by atoms with Gasteiger partial charge in [0.05, 0.1) is 6.04 Å². The van der Waals surface area contributed by atoms with Crippen LogP contribution in [0.2, 0.25) is 0 Å². The first-order valence-electron chi connectivity index (χ1n) is 5.07. The average molecular weight is 195 g/mol. The summed E-state index contributed by atoms with van der Waals surface area (Å²) in [6.45, 7) is 6.20. The third-order valence-corrected chi connectivity index (χ3v) is 2.58. The number of hydrogen-bond acceptors (Lipinski definition) is 4. The summed E-state index contributed by atoms with van der Waals surface area (Å²) >= 11 is 0. The molecule has 0 saturated heterocycles. The van der Waals surface area contributed by atoms with Gasteiger partial charge in [0, 0.05) is 5.92 Å². The fourth-order valence-electron chi connectivity index (χ4n) is 1.24. The summed E-state index contributed by atoms with van der Waals surface area (Å²) in [6, 6.07) is -0.178. The lowest BCUT2D eigenvalue weighted by Gasteiger charge is -2.23. The van der Waals surface area contributed by atoms with Gasteiger partial charge in [-0.1, -0.05) is 20.8 Å². The van der Waals surface area contributed by atoms with E-state index < -0.39 is 0 Å². The van der Waals surface area contributed by atoms with E-state index >= 15 is 0 Å². The van der Waals surface area contributed by atoms with Gasteiger partial charge in [-0.15, -0.1) is 10.2 Å². The molecule has 4 nitrogen and oxygen atoms in total. The van der Waals surface area contributed by atoms with Gasteiger partial charge >= 0.3 is 0 Å². The normalized spacial score (nSPS) is 19.7. The Bertz CT molecular complexity index is 322. The zero-order valence-electron chi connectivity index (χ0n) is 8.95. The Hall–Kier alpha value is -0.900. The molecule has 0 aliphatic heterocycles. The van der Waals surface area contributed by atoms with E-state index in [1.165, 1.54) is 12.8 Å². The molecule has 0 bridgehead atoms. The number of hydrogen-bond donors (Lipinski definition) is 1. The van der Waals surface area contributed by atoms with Crippen molar-refractivity contribution in [1.29, 1.82) is 0 Å². The van der Waals surface area contributed by atoms with E-state index in [0.717, 1.165) is 5.89 Å². The van der Waals surface area contributed by atoms with Gasteiger partial charge in [0.2, 0.25) is 11.8 Å². The van der Waals surface area contributed by atoms with Gasteiger partial charge in [0.25, 0.3) is 0 Å². The van der Waals surface area contributed by atoms with Crippen LogP contribution in [0.4, 0.5) is 0 Å². The van der Waals surface area contributed by atoms with E-state index in [9.17, 15) is 0 Å². The summed E-state index contributed by atoms with van der Waals surface area (Å²) in [6.07, 6.45) is 2.35. The molecule has 1 aromatic rings. The van der Waals surface area contributed by atoms with Crippen LogP contribution < -0.4 is 5.73 Å². The Morgan fingerprint density at radius 1 is 1.36 bits per heavy atom. The lowest BCUT2D eigenvalue weighted by atomic mass is 9.87. The van der Waals surface area contributed by atoms with Crippen LogP contribution in [0, 0.1) is 5.41 Å². The second-order valence-corrected chi connectivity index (χ2v) is 5.10. The molecule has 0 radical (unpaired) electrons. The molecule has 78 valence electrons. The first-order valence-corrected chi connectivity index (χ1v) is 5.07. The summed E-state index contributed by atoms with van der Waals surface area (Å²) in [5, 5.41) is 8.02. The monoisotopic (exact) mass is 195 g/mol. The molecule has 2 N–H and O–H groups in total. The fourth-order valence-corrected chi connectivity index (χ4v) is 1.24. The lowest BCUT2D eigenvalue weighted by molar-refractivity contribution is 0.272. The zero-order valence-corrected chi connectivity index (χ0v) is 8.95. The number of aromatic nitrogens is 2. The molecule has 1 aromatic heterocycles. The molecular formula is C10H17N3O. The fraction of sp³-hybridized carbons (Fsp3) is 0.800. The van der Waals surface area contributed by atoms with Crippen molar-refractivity contribution in [3.05, 3.63) is 11.8 Å². The predicted octanol–water partition coefficient (Wildman–Crippen LogP) is 1.99. The number of rotatable bonds is 2. The molecule has 1 aliphatic carbocycles. The molecule has 14 heavy (non-hydrogen) atoms. The molecule has 2 rings (SSSR count). The molecule has 0 spiro atoms. The Morgan fingerprint density at radius 3 is 2.50 bits per heavy atom. The van der Waals surface area contributed by atoms with Gasteiger partial charge in [-0.2, -0.15) is 0 Å². The predicted molar refractivity (Wildman–Crippen MR) is 52.7 cm³/mol. The Kier molecular flexibility index (Phi) is 2.10. The maximum Gasteiger partial charge on any atom is 0.233 e. The maximum absolute atomic E-state index is 6.01. The minimum Gasteiger partial charge on any atom is -0.423 e. The maximum atomic E-state index is 6.01. The molecule has 0 amide bonds.